The van der Waals surface area contributed by atoms with E-state index in [1.54, 1.807) is 18.3 Å². The van der Waals surface area contributed by atoms with Crippen LogP contribution in [0.4, 0.5) is 15.3 Å². The quantitative estimate of drug-likeness (QED) is 0.178. The SMILES string of the molecule is Cc1cc(Sc2cnc(Nc3nc(CCc4ccccc4)cs3)c(Oc3ccc(F)cc3)c2)n2nc(C)cc2n1. The number of halogens is 1. The Morgan fingerprint density at radius 3 is 2.60 bits per heavy atom. The normalized spacial score (nSPS) is 11.2. The summed E-state index contributed by atoms with van der Waals surface area (Å²) in [6.45, 7) is 3.91. The van der Waals surface area contributed by atoms with Crippen LogP contribution in [0, 0.1) is 19.7 Å². The molecule has 0 bridgehead atoms. The van der Waals surface area contributed by atoms with Gasteiger partial charge in [-0.15, -0.1) is 11.3 Å². The second kappa shape index (κ2) is 11.4. The number of aromatic nitrogens is 5. The Morgan fingerprint density at radius 2 is 1.77 bits per heavy atom. The summed E-state index contributed by atoms with van der Waals surface area (Å²) in [5.74, 6) is 1.19. The highest BCUT2D eigenvalue weighted by atomic mass is 32.2. The largest absolute Gasteiger partial charge is 0.453 e. The van der Waals surface area contributed by atoms with Crippen LogP contribution in [0.3, 0.4) is 0 Å². The van der Waals surface area contributed by atoms with Crippen LogP contribution in [0.25, 0.3) is 5.65 Å². The Hall–Kier alpha value is -4.28. The minimum atomic E-state index is -0.328. The van der Waals surface area contributed by atoms with Gasteiger partial charge in [-0.25, -0.2) is 23.9 Å². The number of pyridine rings is 1. The number of anilines is 2. The van der Waals surface area contributed by atoms with Gasteiger partial charge in [0.15, 0.2) is 22.3 Å². The third-order valence-corrected chi connectivity index (χ3v) is 7.79. The molecule has 10 heteroatoms. The molecular formula is C30H25FN6OS2. The van der Waals surface area contributed by atoms with Crippen molar-refractivity contribution in [3.8, 4) is 11.5 Å². The highest BCUT2D eigenvalue weighted by Crippen LogP contribution is 2.37. The number of ether oxygens (including phenoxy) is 1. The lowest BCUT2D eigenvalue weighted by atomic mass is 10.1. The minimum Gasteiger partial charge on any atom is -0.453 e. The van der Waals surface area contributed by atoms with E-state index in [1.165, 1.54) is 40.8 Å². The fourth-order valence-corrected chi connectivity index (χ4v) is 5.86. The van der Waals surface area contributed by atoms with E-state index in [4.69, 9.17) is 9.72 Å². The van der Waals surface area contributed by atoms with Crippen LogP contribution in [-0.4, -0.2) is 24.6 Å². The number of thiazole rings is 1. The van der Waals surface area contributed by atoms with Crippen molar-refractivity contribution in [1.29, 1.82) is 0 Å². The molecule has 4 heterocycles. The molecule has 200 valence electrons. The van der Waals surface area contributed by atoms with Crippen molar-refractivity contribution in [2.75, 3.05) is 5.32 Å². The molecule has 0 atom stereocenters. The highest BCUT2D eigenvalue weighted by Gasteiger charge is 2.15. The molecule has 0 saturated carbocycles. The third-order valence-electron chi connectivity index (χ3n) is 6.03. The topological polar surface area (TPSA) is 77.2 Å². The summed E-state index contributed by atoms with van der Waals surface area (Å²) < 4.78 is 21.5. The zero-order chi connectivity index (χ0) is 27.5. The molecule has 2 aromatic carbocycles. The number of nitrogens with zero attached hydrogens (tertiary/aromatic N) is 5. The molecule has 0 aliphatic rings. The highest BCUT2D eigenvalue weighted by molar-refractivity contribution is 7.99. The van der Waals surface area contributed by atoms with Gasteiger partial charge in [0.05, 0.1) is 11.4 Å². The van der Waals surface area contributed by atoms with E-state index in [0.29, 0.717) is 17.3 Å². The van der Waals surface area contributed by atoms with E-state index >= 15 is 0 Å². The predicted molar refractivity (Wildman–Crippen MR) is 157 cm³/mol. The Balaban J connectivity index is 1.26. The van der Waals surface area contributed by atoms with Crippen molar-refractivity contribution in [3.63, 3.8) is 0 Å². The first-order valence-corrected chi connectivity index (χ1v) is 14.4. The van der Waals surface area contributed by atoms with Crippen LogP contribution in [0.2, 0.25) is 0 Å². The zero-order valence-electron chi connectivity index (χ0n) is 21.8. The molecule has 0 unspecified atom stereocenters. The predicted octanol–water partition coefficient (Wildman–Crippen LogP) is 7.81. The number of benzene rings is 2. The van der Waals surface area contributed by atoms with Crippen LogP contribution in [0.15, 0.2) is 94.3 Å². The van der Waals surface area contributed by atoms with Crippen molar-refractivity contribution in [2.24, 2.45) is 0 Å². The van der Waals surface area contributed by atoms with E-state index in [1.807, 2.05) is 54.8 Å². The molecule has 0 aliphatic heterocycles. The average molecular weight is 569 g/mol. The van der Waals surface area contributed by atoms with E-state index in [0.717, 1.165) is 50.6 Å². The van der Waals surface area contributed by atoms with Crippen LogP contribution >= 0.6 is 23.1 Å². The molecule has 0 aliphatic carbocycles. The van der Waals surface area contributed by atoms with Crippen molar-refractivity contribution in [2.45, 2.75) is 36.6 Å². The van der Waals surface area contributed by atoms with Gasteiger partial charge in [0.25, 0.3) is 0 Å². The molecular weight excluding hydrogens is 544 g/mol. The summed E-state index contributed by atoms with van der Waals surface area (Å²) in [7, 11) is 0. The lowest BCUT2D eigenvalue weighted by Crippen LogP contribution is -1.99. The summed E-state index contributed by atoms with van der Waals surface area (Å²) in [5, 5.41) is 11.6. The second-order valence-corrected chi connectivity index (χ2v) is 11.2. The fraction of sp³-hybridized carbons (Fsp3) is 0.133. The molecule has 4 aromatic heterocycles. The fourth-order valence-electron chi connectivity index (χ4n) is 4.16. The van der Waals surface area contributed by atoms with Crippen LogP contribution in [0.1, 0.15) is 22.6 Å². The van der Waals surface area contributed by atoms with Crippen LogP contribution in [0.5, 0.6) is 11.5 Å². The van der Waals surface area contributed by atoms with Gasteiger partial charge in [-0.1, -0.05) is 42.1 Å². The number of nitrogens with one attached hydrogen (secondary N) is 1. The number of fused-ring (bicyclic) bond motifs is 1. The molecule has 0 saturated heterocycles. The number of hydrogen-bond donors (Lipinski definition) is 1. The summed E-state index contributed by atoms with van der Waals surface area (Å²) in [4.78, 5) is 14.9. The zero-order valence-corrected chi connectivity index (χ0v) is 23.5. The molecule has 40 heavy (non-hydrogen) atoms. The summed E-state index contributed by atoms with van der Waals surface area (Å²) in [6.07, 6.45) is 3.55. The molecule has 0 fully saturated rings. The second-order valence-electron chi connectivity index (χ2n) is 9.22. The lowest BCUT2D eigenvalue weighted by molar-refractivity contribution is 0.479. The number of aryl methyl sites for hydroxylation is 4. The summed E-state index contributed by atoms with van der Waals surface area (Å²) >= 11 is 3.03. The molecule has 7 nitrogen and oxygen atoms in total. The Kier molecular flexibility index (Phi) is 7.43. The maximum absolute atomic E-state index is 13.5. The smallest absolute Gasteiger partial charge is 0.188 e. The first kappa shape index (κ1) is 26.0. The summed E-state index contributed by atoms with van der Waals surface area (Å²) in [5.41, 5.74) is 4.87. The maximum atomic E-state index is 13.5. The van der Waals surface area contributed by atoms with Gasteiger partial charge in [0.1, 0.15) is 16.6 Å². The lowest BCUT2D eigenvalue weighted by Gasteiger charge is -2.13. The van der Waals surface area contributed by atoms with Gasteiger partial charge in [0.2, 0.25) is 0 Å². The minimum absolute atomic E-state index is 0.328. The number of hydrogen-bond acceptors (Lipinski definition) is 8. The van der Waals surface area contributed by atoms with Crippen molar-refractivity contribution in [3.05, 3.63) is 113 Å². The van der Waals surface area contributed by atoms with E-state index < -0.39 is 0 Å². The summed E-state index contributed by atoms with van der Waals surface area (Å²) in [6, 6.07) is 22.1. The van der Waals surface area contributed by atoms with E-state index in [2.05, 4.69) is 37.9 Å². The average Bonchev–Trinajstić information content (AvgIpc) is 3.56. The van der Waals surface area contributed by atoms with Crippen molar-refractivity contribution in [1.82, 2.24) is 24.6 Å². The molecule has 1 N–H and O–H groups in total. The van der Waals surface area contributed by atoms with Gasteiger partial charge in [0, 0.05) is 34.3 Å². The van der Waals surface area contributed by atoms with Gasteiger partial charge < -0.3 is 10.1 Å². The van der Waals surface area contributed by atoms with Crippen molar-refractivity contribution < 1.29 is 9.13 Å². The van der Waals surface area contributed by atoms with Gasteiger partial charge in [-0.05, 0) is 62.6 Å². The van der Waals surface area contributed by atoms with Crippen LogP contribution in [-0.2, 0) is 12.8 Å². The maximum Gasteiger partial charge on any atom is 0.188 e. The molecule has 6 aromatic rings. The van der Waals surface area contributed by atoms with Gasteiger partial charge in [-0.3, -0.25) is 0 Å². The van der Waals surface area contributed by atoms with E-state index in [-0.39, 0.29) is 5.82 Å². The van der Waals surface area contributed by atoms with Gasteiger partial charge in [-0.2, -0.15) is 5.10 Å². The Bertz CT molecular complexity index is 1770. The Labute approximate surface area is 239 Å². The van der Waals surface area contributed by atoms with Gasteiger partial charge >= 0.3 is 0 Å². The standard InChI is InChI=1S/C30H25FN6OS2/c1-19-15-28(37-27(33-19)14-20(2)36-37)40-25-16-26(38-24-12-9-22(31)10-13-24)29(32-17-25)35-30-34-23(18-39-30)11-8-21-6-4-3-5-7-21/h3-7,9-10,12-18H,8,11H2,1-2H3,(H,32,34,35). The first-order chi connectivity index (χ1) is 19.5. The van der Waals surface area contributed by atoms with Crippen molar-refractivity contribution >= 4 is 39.7 Å². The molecule has 6 rings (SSSR count). The molecule has 0 spiro atoms. The molecule has 0 amide bonds. The third kappa shape index (κ3) is 6.13. The monoisotopic (exact) mass is 568 g/mol. The molecule has 0 radical (unpaired) electrons. The van der Waals surface area contributed by atoms with Crippen LogP contribution < -0.4 is 10.1 Å². The first-order valence-electron chi connectivity index (χ1n) is 12.7. The van der Waals surface area contributed by atoms with E-state index in [9.17, 15) is 4.39 Å². The Morgan fingerprint density at radius 1 is 0.950 bits per heavy atom. The number of rotatable bonds is 9.